The molecule has 2 rings (SSSR count). The Kier molecular flexibility index (Phi) is 4.00. The fourth-order valence-electron chi connectivity index (χ4n) is 2.85. The third-order valence-corrected chi connectivity index (χ3v) is 3.86. The molecule has 2 unspecified atom stereocenters. The highest BCUT2D eigenvalue weighted by atomic mass is 19.1. The smallest absolute Gasteiger partial charge is 0.168 e. The highest BCUT2D eigenvalue weighted by Gasteiger charge is 2.27. The first kappa shape index (κ1) is 12.4. The van der Waals surface area contributed by atoms with Gasteiger partial charge in [0.05, 0.1) is 7.11 Å². The Morgan fingerprint density at radius 2 is 2.12 bits per heavy atom. The van der Waals surface area contributed by atoms with Crippen LogP contribution in [0.2, 0.25) is 0 Å². The van der Waals surface area contributed by atoms with E-state index in [1.54, 1.807) is 6.07 Å². The number of rotatable bonds is 4. The minimum Gasteiger partial charge on any atom is -0.494 e. The van der Waals surface area contributed by atoms with Crippen LogP contribution in [0, 0.1) is 17.7 Å². The molecule has 0 saturated heterocycles. The Bertz CT molecular complexity index is 380. The Morgan fingerprint density at radius 3 is 2.82 bits per heavy atom. The van der Waals surface area contributed by atoms with Gasteiger partial charge in [-0.1, -0.05) is 18.6 Å². The summed E-state index contributed by atoms with van der Waals surface area (Å²) in [5.74, 6) is 1.21. The number of hydrogen-bond acceptors (Lipinski definition) is 2. The van der Waals surface area contributed by atoms with Crippen LogP contribution in [0.25, 0.3) is 0 Å². The molecule has 94 valence electrons. The molecule has 1 saturated carbocycles. The van der Waals surface area contributed by atoms with Gasteiger partial charge in [0.2, 0.25) is 0 Å². The monoisotopic (exact) mass is 237 g/mol. The second-order valence-corrected chi connectivity index (χ2v) is 4.82. The lowest BCUT2D eigenvalue weighted by molar-refractivity contribution is 0.369. The van der Waals surface area contributed by atoms with Crippen LogP contribution in [0.1, 0.15) is 24.8 Å². The van der Waals surface area contributed by atoms with Crippen LogP contribution < -0.4 is 10.5 Å². The molecule has 2 atom stereocenters. The molecule has 0 amide bonds. The van der Waals surface area contributed by atoms with Crippen molar-refractivity contribution >= 4 is 0 Å². The van der Waals surface area contributed by atoms with E-state index in [1.807, 2.05) is 12.1 Å². The lowest BCUT2D eigenvalue weighted by atomic mass is 9.89. The van der Waals surface area contributed by atoms with Gasteiger partial charge < -0.3 is 10.5 Å². The molecule has 1 aromatic rings. The molecular formula is C14H20FNO. The molecule has 0 aromatic heterocycles. The van der Waals surface area contributed by atoms with Crippen LogP contribution in [-0.2, 0) is 6.42 Å². The lowest BCUT2D eigenvalue weighted by Crippen LogP contribution is -2.20. The normalized spacial score (nSPS) is 23.9. The fourth-order valence-corrected chi connectivity index (χ4v) is 2.85. The maximum atomic E-state index is 14.0. The van der Waals surface area contributed by atoms with E-state index in [2.05, 4.69) is 0 Å². The average Bonchev–Trinajstić information content (AvgIpc) is 2.79. The van der Waals surface area contributed by atoms with E-state index in [-0.39, 0.29) is 5.82 Å². The van der Waals surface area contributed by atoms with Gasteiger partial charge in [0.15, 0.2) is 11.6 Å². The van der Waals surface area contributed by atoms with Crippen molar-refractivity contribution in [3.8, 4) is 5.75 Å². The number of benzene rings is 1. The summed E-state index contributed by atoms with van der Waals surface area (Å²) in [7, 11) is 1.50. The van der Waals surface area contributed by atoms with Gasteiger partial charge in [0.25, 0.3) is 0 Å². The van der Waals surface area contributed by atoms with Gasteiger partial charge in [-0.05, 0) is 49.3 Å². The third kappa shape index (κ3) is 2.60. The zero-order valence-corrected chi connectivity index (χ0v) is 10.3. The molecule has 0 bridgehead atoms. The van der Waals surface area contributed by atoms with E-state index < -0.39 is 0 Å². The second-order valence-electron chi connectivity index (χ2n) is 4.82. The maximum Gasteiger partial charge on any atom is 0.168 e. The van der Waals surface area contributed by atoms with Crippen molar-refractivity contribution in [3.63, 3.8) is 0 Å². The number of ether oxygens (including phenoxy) is 1. The predicted octanol–water partition coefficient (Wildman–Crippen LogP) is 2.75. The zero-order valence-electron chi connectivity index (χ0n) is 10.3. The number of nitrogens with two attached hydrogens (primary N) is 1. The van der Waals surface area contributed by atoms with E-state index in [1.165, 1.54) is 26.4 Å². The standard InChI is InChI=1S/C14H20FNO/c1-17-13-7-3-5-11(14(13)15)8-10-4-2-6-12(10)9-16/h3,5,7,10,12H,2,4,6,8-9,16H2,1H3. The number of hydrogen-bond donors (Lipinski definition) is 1. The van der Waals surface area contributed by atoms with Gasteiger partial charge in [0.1, 0.15) is 0 Å². The van der Waals surface area contributed by atoms with Crippen molar-refractivity contribution in [2.24, 2.45) is 17.6 Å². The summed E-state index contributed by atoms with van der Waals surface area (Å²) in [6.45, 7) is 0.719. The van der Waals surface area contributed by atoms with Crippen molar-refractivity contribution in [3.05, 3.63) is 29.6 Å². The van der Waals surface area contributed by atoms with Gasteiger partial charge >= 0.3 is 0 Å². The van der Waals surface area contributed by atoms with Crippen LogP contribution >= 0.6 is 0 Å². The summed E-state index contributed by atoms with van der Waals surface area (Å²) in [6.07, 6.45) is 4.36. The molecule has 1 aliphatic carbocycles. The molecule has 1 aliphatic rings. The Morgan fingerprint density at radius 1 is 1.35 bits per heavy atom. The van der Waals surface area contributed by atoms with Crippen LogP contribution in [-0.4, -0.2) is 13.7 Å². The van der Waals surface area contributed by atoms with Gasteiger partial charge in [-0.2, -0.15) is 0 Å². The van der Waals surface area contributed by atoms with Crippen LogP contribution in [0.5, 0.6) is 5.75 Å². The highest BCUT2D eigenvalue weighted by Crippen LogP contribution is 2.34. The second kappa shape index (κ2) is 5.50. The van der Waals surface area contributed by atoms with Crippen LogP contribution in [0.15, 0.2) is 18.2 Å². The summed E-state index contributed by atoms with van der Waals surface area (Å²) in [4.78, 5) is 0. The van der Waals surface area contributed by atoms with Gasteiger partial charge in [-0.15, -0.1) is 0 Å². The first-order valence-electron chi connectivity index (χ1n) is 6.27. The summed E-state index contributed by atoms with van der Waals surface area (Å²) in [5, 5.41) is 0. The van der Waals surface area contributed by atoms with Gasteiger partial charge in [-0.25, -0.2) is 4.39 Å². The van der Waals surface area contributed by atoms with Crippen molar-refractivity contribution in [2.45, 2.75) is 25.7 Å². The first-order chi connectivity index (χ1) is 8.26. The lowest BCUT2D eigenvalue weighted by Gasteiger charge is -2.18. The van der Waals surface area contributed by atoms with E-state index in [4.69, 9.17) is 10.5 Å². The average molecular weight is 237 g/mol. The Labute approximate surface area is 102 Å². The SMILES string of the molecule is COc1cccc(CC2CCCC2CN)c1F. The Hall–Kier alpha value is -1.09. The number of halogens is 1. The maximum absolute atomic E-state index is 14.0. The molecule has 2 N–H and O–H groups in total. The van der Waals surface area contributed by atoms with Gasteiger partial charge in [-0.3, -0.25) is 0 Å². The van der Waals surface area contributed by atoms with Gasteiger partial charge in [0, 0.05) is 0 Å². The van der Waals surface area contributed by atoms with Crippen molar-refractivity contribution in [2.75, 3.05) is 13.7 Å². The first-order valence-corrected chi connectivity index (χ1v) is 6.27. The molecule has 0 aliphatic heterocycles. The van der Waals surface area contributed by atoms with E-state index in [0.29, 0.717) is 17.6 Å². The van der Waals surface area contributed by atoms with E-state index in [0.717, 1.165) is 18.5 Å². The van der Waals surface area contributed by atoms with Crippen LogP contribution in [0.3, 0.4) is 0 Å². The number of methoxy groups -OCH3 is 1. The topological polar surface area (TPSA) is 35.2 Å². The molecule has 1 fully saturated rings. The van der Waals surface area contributed by atoms with E-state index in [9.17, 15) is 4.39 Å². The minimum atomic E-state index is -0.210. The molecule has 0 spiro atoms. The largest absolute Gasteiger partial charge is 0.494 e. The van der Waals surface area contributed by atoms with E-state index >= 15 is 0 Å². The summed E-state index contributed by atoms with van der Waals surface area (Å²) >= 11 is 0. The molecular weight excluding hydrogens is 217 g/mol. The molecule has 0 heterocycles. The molecule has 2 nitrogen and oxygen atoms in total. The molecule has 1 aromatic carbocycles. The molecule has 17 heavy (non-hydrogen) atoms. The third-order valence-electron chi connectivity index (χ3n) is 3.86. The minimum absolute atomic E-state index is 0.210. The quantitative estimate of drug-likeness (QED) is 0.874. The van der Waals surface area contributed by atoms with Crippen molar-refractivity contribution < 1.29 is 9.13 Å². The van der Waals surface area contributed by atoms with Crippen molar-refractivity contribution in [1.82, 2.24) is 0 Å². The predicted molar refractivity (Wildman–Crippen MR) is 66.5 cm³/mol. The summed E-state index contributed by atoms with van der Waals surface area (Å²) < 4.78 is 19.0. The fraction of sp³-hybridized carbons (Fsp3) is 0.571. The summed E-state index contributed by atoms with van der Waals surface area (Å²) in [5.41, 5.74) is 6.51. The highest BCUT2D eigenvalue weighted by molar-refractivity contribution is 5.31. The summed E-state index contributed by atoms with van der Waals surface area (Å²) in [6, 6.07) is 5.36. The molecule has 3 heteroatoms. The molecule has 0 radical (unpaired) electrons. The van der Waals surface area contributed by atoms with Crippen molar-refractivity contribution in [1.29, 1.82) is 0 Å². The van der Waals surface area contributed by atoms with Crippen LogP contribution in [0.4, 0.5) is 4.39 Å². The Balaban J connectivity index is 2.13. The zero-order chi connectivity index (χ0) is 12.3.